The summed E-state index contributed by atoms with van der Waals surface area (Å²) in [5.41, 5.74) is 1.07. The molecule has 1 fully saturated rings. The second kappa shape index (κ2) is 7.91. The van der Waals surface area contributed by atoms with Crippen molar-refractivity contribution in [2.24, 2.45) is 5.92 Å². The fourth-order valence-electron chi connectivity index (χ4n) is 2.96. The quantitative estimate of drug-likeness (QED) is 0.412. The summed E-state index contributed by atoms with van der Waals surface area (Å²) in [6.45, 7) is 0. The van der Waals surface area contributed by atoms with Gasteiger partial charge in [0.05, 0.1) is 12.1 Å². The third-order valence-corrected chi connectivity index (χ3v) is 5.61. The molecule has 0 aromatic heterocycles. The molecule has 0 aliphatic heterocycles. The van der Waals surface area contributed by atoms with E-state index in [1.165, 1.54) is 38.5 Å². The topological polar surface area (TPSA) is 9.23 Å². The molecule has 112 valence electrons. The fourth-order valence-corrected chi connectivity index (χ4v) is 4.53. The molecule has 1 unspecified atom stereocenters. The molecule has 1 aromatic carbocycles. The van der Waals surface area contributed by atoms with Crippen molar-refractivity contribution in [3.63, 3.8) is 0 Å². The predicted molar refractivity (Wildman–Crippen MR) is 90.5 cm³/mol. The van der Waals surface area contributed by atoms with E-state index in [0.29, 0.717) is 10.8 Å². The summed E-state index contributed by atoms with van der Waals surface area (Å²) in [5.74, 6) is 1.42. The van der Waals surface area contributed by atoms with E-state index in [0.717, 1.165) is 22.9 Å². The van der Waals surface area contributed by atoms with E-state index in [1.807, 2.05) is 6.07 Å². The lowest BCUT2D eigenvalue weighted by Crippen LogP contribution is -2.04. The summed E-state index contributed by atoms with van der Waals surface area (Å²) in [6.07, 6.45) is 9.30. The second-order valence-corrected chi connectivity index (χ2v) is 7.49. The van der Waals surface area contributed by atoms with Crippen molar-refractivity contribution >= 4 is 39.1 Å². The largest absolute Gasteiger partial charge is 0.495 e. The molecule has 20 heavy (non-hydrogen) atoms. The summed E-state index contributed by atoms with van der Waals surface area (Å²) >= 11 is 16.4. The Morgan fingerprint density at radius 3 is 2.40 bits per heavy atom. The maximum atomic E-state index is 6.36. The molecule has 0 amide bonds. The molecule has 0 N–H and O–H groups in total. The normalized spacial score (nSPS) is 18.6. The number of hydrogen-bond acceptors (Lipinski definition) is 1. The first-order valence-corrected chi connectivity index (χ1v) is 8.96. The van der Waals surface area contributed by atoms with Crippen LogP contribution in [0, 0.1) is 5.92 Å². The molecular weight excluding hydrogens is 359 g/mol. The van der Waals surface area contributed by atoms with Crippen LogP contribution >= 0.6 is 39.1 Å². The van der Waals surface area contributed by atoms with E-state index >= 15 is 0 Å². The average molecular weight is 380 g/mol. The van der Waals surface area contributed by atoms with Crippen molar-refractivity contribution in [3.05, 3.63) is 27.7 Å². The molecular formula is C16H21BrCl2O. The molecule has 0 saturated heterocycles. The standard InChI is InChI=1S/C16H21BrCl2O/c1-20-16-10-14(18)12(9-15(16)19)13(17)8-11-6-4-2-3-5-7-11/h9-11,13H,2-8H2,1H3. The van der Waals surface area contributed by atoms with Gasteiger partial charge in [-0.3, -0.25) is 0 Å². The van der Waals surface area contributed by atoms with E-state index in [4.69, 9.17) is 27.9 Å². The van der Waals surface area contributed by atoms with Crippen LogP contribution < -0.4 is 4.74 Å². The maximum absolute atomic E-state index is 6.36. The smallest absolute Gasteiger partial charge is 0.138 e. The van der Waals surface area contributed by atoms with Gasteiger partial charge in [-0.25, -0.2) is 0 Å². The van der Waals surface area contributed by atoms with E-state index in [2.05, 4.69) is 15.9 Å². The Hall–Kier alpha value is 0.0800. The third-order valence-electron chi connectivity index (χ3n) is 4.12. The van der Waals surface area contributed by atoms with E-state index in [-0.39, 0.29) is 4.83 Å². The fraction of sp³-hybridized carbons (Fsp3) is 0.625. The van der Waals surface area contributed by atoms with Crippen LogP contribution in [0.25, 0.3) is 0 Å². The molecule has 1 atom stereocenters. The van der Waals surface area contributed by atoms with Crippen molar-refractivity contribution in [2.45, 2.75) is 49.8 Å². The molecule has 1 aliphatic carbocycles. The van der Waals surface area contributed by atoms with Gasteiger partial charge in [-0.2, -0.15) is 0 Å². The number of ether oxygens (including phenoxy) is 1. The first kappa shape index (κ1) is 16.5. The minimum atomic E-state index is 0.265. The molecule has 1 saturated carbocycles. The predicted octanol–water partition coefficient (Wildman–Crippen LogP) is 6.80. The molecule has 0 bridgehead atoms. The summed E-state index contributed by atoms with van der Waals surface area (Å²) in [6, 6.07) is 3.74. The summed E-state index contributed by atoms with van der Waals surface area (Å²) in [5, 5.41) is 1.35. The van der Waals surface area contributed by atoms with Crippen molar-refractivity contribution in [1.82, 2.24) is 0 Å². The van der Waals surface area contributed by atoms with E-state index in [1.54, 1.807) is 13.2 Å². The highest BCUT2D eigenvalue weighted by molar-refractivity contribution is 9.09. The van der Waals surface area contributed by atoms with Gasteiger partial charge in [0.15, 0.2) is 0 Å². The Balaban J connectivity index is 2.08. The van der Waals surface area contributed by atoms with Gasteiger partial charge < -0.3 is 4.74 Å². The first-order chi connectivity index (χ1) is 9.61. The van der Waals surface area contributed by atoms with Crippen LogP contribution in [0.15, 0.2) is 12.1 Å². The van der Waals surface area contributed by atoms with Crippen molar-refractivity contribution in [3.8, 4) is 5.75 Å². The Morgan fingerprint density at radius 2 is 1.80 bits per heavy atom. The molecule has 0 radical (unpaired) electrons. The zero-order valence-electron chi connectivity index (χ0n) is 11.8. The van der Waals surface area contributed by atoms with Gasteiger partial charge in [0, 0.05) is 15.9 Å². The lowest BCUT2D eigenvalue weighted by molar-refractivity contribution is 0.414. The molecule has 0 spiro atoms. The first-order valence-electron chi connectivity index (χ1n) is 7.28. The van der Waals surface area contributed by atoms with Crippen LogP contribution in [0.3, 0.4) is 0 Å². The zero-order chi connectivity index (χ0) is 14.5. The average Bonchev–Trinajstić information content (AvgIpc) is 2.69. The number of halogens is 3. The van der Waals surface area contributed by atoms with Gasteiger partial charge in [0.1, 0.15) is 5.75 Å². The Kier molecular flexibility index (Phi) is 6.51. The van der Waals surface area contributed by atoms with Crippen LogP contribution in [0.2, 0.25) is 10.0 Å². The lowest BCUT2D eigenvalue weighted by Gasteiger charge is -2.20. The number of rotatable bonds is 4. The molecule has 2 rings (SSSR count). The zero-order valence-corrected chi connectivity index (χ0v) is 14.9. The number of hydrogen-bond donors (Lipinski definition) is 0. The third kappa shape index (κ3) is 4.29. The maximum Gasteiger partial charge on any atom is 0.138 e. The summed E-state index contributed by atoms with van der Waals surface area (Å²) in [4.78, 5) is 0.265. The van der Waals surface area contributed by atoms with Gasteiger partial charge in [-0.1, -0.05) is 77.7 Å². The van der Waals surface area contributed by atoms with E-state index in [9.17, 15) is 0 Å². The summed E-state index contributed by atoms with van der Waals surface area (Å²) < 4.78 is 5.20. The second-order valence-electron chi connectivity index (χ2n) is 5.57. The Bertz CT molecular complexity index is 442. The van der Waals surface area contributed by atoms with Crippen LogP contribution in [0.4, 0.5) is 0 Å². The highest BCUT2D eigenvalue weighted by Gasteiger charge is 2.20. The number of benzene rings is 1. The van der Waals surface area contributed by atoms with Crippen LogP contribution in [0.5, 0.6) is 5.75 Å². The van der Waals surface area contributed by atoms with Crippen molar-refractivity contribution in [2.75, 3.05) is 7.11 Å². The minimum absolute atomic E-state index is 0.265. The van der Waals surface area contributed by atoms with Gasteiger partial charge in [-0.05, 0) is 24.0 Å². The molecule has 1 nitrogen and oxygen atoms in total. The van der Waals surface area contributed by atoms with Gasteiger partial charge in [0.25, 0.3) is 0 Å². The van der Waals surface area contributed by atoms with Crippen LogP contribution in [-0.4, -0.2) is 7.11 Å². The SMILES string of the molecule is COc1cc(Cl)c(C(Br)CC2CCCCCC2)cc1Cl. The monoisotopic (exact) mass is 378 g/mol. The number of alkyl halides is 1. The molecule has 4 heteroatoms. The summed E-state index contributed by atoms with van der Waals surface area (Å²) in [7, 11) is 1.61. The Labute approximate surface area is 140 Å². The van der Waals surface area contributed by atoms with Crippen LogP contribution in [0.1, 0.15) is 55.3 Å². The van der Waals surface area contributed by atoms with Crippen molar-refractivity contribution in [1.29, 1.82) is 0 Å². The van der Waals surface area contributed by atoms with Crippen LogP contribution in [-0.2, 0) is 0 Å². The molecule has 1 aliphatic rings. The van der Waals surface area contributed by atoms with E-state index < -0.39 is 0 Å². The minimum Gasteiger partial charge on any atom is -0.495 e. The highest BCUT2D eigenvalue weighted by Crippen LogP contribution is 2.41. The van der Waals surface area contributed by atoms with Gasteiger partial charge >= 0.3 is 0 Å². The lowest BCUT2D eigenvalue weighted by atomic mass is 9.93. The van der Waals surface area contributed by atoms with Gasteiger partial charge in [-0.15, -0.1) is 0 Å². The van der Waals surface area contributed by atoms with Crippen molar-refractivity contribution < 1.29 is 4.74 Å². The Morgan fingerprint density at radius 1 is 1.15 bits per heavy atom. The molecule has 0 heterocycles. The molecule has 1 aromatic rings. The van der Waals surface area contributed by atoms with Gasteiger partial charge in [0.2, 0.25) is 0 Å². The highest BCUT2D eigenvalue weighted by atomic mass is 79.9. The number of methoxy groups -OCH3 is 1.